The molecule has 3 heterocycles. The van der Waals surface area contributed by atoms with Crippen molar-refractivity contribution in [3.05, 3.63) is 66.0 Å². The van der Waals surface area contributed by atoms with Gasteiger partial charge in [0.1, 0.15) is 11.9 Å². The van der Waals surface area contributed by atoms with Crippen LogP contribution < -0.4 is 0 Å². The summed E-state index contributed by atoms with van der Waals surface area (Å²) in [5.41, 5.74) is 0.782. The van der Waals surface area contributed by atoms with Gasteiger partial charge in [-0.15, -0.1) is 0 Å². The van der Waals surface area contributed by atoms with Gasteiger partial charge in [0.2, 0.25) is 0 Å². The highest BCUT2D eigenvalue weighted by atomic mass is 19.1. The number of para-hydroxylation sites is 1. The van der Waals surface area contributed by atoms with Gasteiger partial charge in [0.05, 0.1) is 5.69 Å². The van der Waals surface area contributed by atoms with Crippen molar-refractivity contribution >= 4 is 17.4 Å². The van der Waals surface area contributed by atoms with Gasteiger partial charge in [-0.05, 0) is 56.1 Å². The summed E-state index contributed by atoms with van der Waals surface area (Å²) in [6.07, 6.45) is 1.95. The largest absolute Gasteiger partial charge is 0.456 e. The summed E-state index contributed by atoms with van der Waals surface area (Å²) in [5.74, 6) is -0.645. The highest BCUT2D eigenvalue weighted by molar-refractivity contribution is 6.43. The summed E-state index contributed by atoms with van der Waals surface area (Å²) in [7, 11) is 0. The number of carbonyl (C=O) groups is 1. The number of piperidine rings is 3. The van der Waals surface area contributed by atoms with Crippen LogP contribution in [0.4, 0.5) is 10.1 Å². The number of ether oxygens (including phenoxy) is 1. The van der Waals surface area contributed by atoms with Crippen LogP contribution in [0.15, 0.2) is 59.6 Å². The highest BCUT2D eigenvalue weighted by Gasteiger charge is 2.37. The number of nitrogens with zero attached hydrogens (tertiary/aromatic N) is 2. The van der Waals surface area contributed by atoms with E-state index in [1.165, 1.54) is 6.07 Å². The van der Waals surface area contributed by atoms with Crippen LogP contribution in [0, 0.1) is 11.7 Å². The van der Waals surface area contributed by atoms with Crippen LogP contribution in [0.3, 0.4) is 0 Å². The Balaban J connectivity index is 1.63. The van der Waals surface area contributed by atoms with E-state index in [2.05, 4.69) is 9.89 Å². The standard InChI is InChI=1S/C21H21FN2O2/c22-18-9-5-4-8-17(18)20(23-16-6-2-1-3-7-16)21(25)26-19-14-24-12-10-15(19)11-13-24/h1-9,15,19H,10-14H2/t19-/m0/s1. The quantitative estimate of drug-likeness (QED) is 0.624. The van der Waals surface area contributed by atoms with Gasteiger partial charge in [0.15, 0.2) is 5.71 Å². The number of carbonyl (C=O) groups excluding carboxylic acids is 1. The van der Waals surface area contributed by atoms with Crippen molar-refractivity contribution in [1.82, 2.24) is 4.90 Å². The number of halogens is 1. The van der Waals surface area contributed by atoms with E-state index in [0.717, 1.165) is 32.5 Å². The Morgan fingerprint density at radius 1 is 1.04 bits per heavy atom. The van der Waals surface area contributed by atoms with Crippen molar-refractivity contribution in [3.63, 3.8) is 0 Å². The molecule has 134 valence electrons. The Bertz CT molecular complexity index is 814. The molecule has 0 amide bonds. The van der Waals surface area contributed by atoms with E-state index in [-0.39, 0.29) is 17.4 Å². The lowest BCUT2D eigenvalue weighted by molar-refractivity contribution is -0.150. The molecule has 4 nitrogen and oxygen atoms in total. The molecule has 3 aliphatic rings. The van der Waals surface area contributed by atoms with E-state index in [1.54, 1.807) is 30.3 Å². The SMILES string of the molecule is O=C(O[C@H]1CN2CCC1CC2)C(=Nc1ccccc1)c1ccccc1F. The number of benzene rings is 2. The van der Waals surface area contributed by atoms with Gasteiger partial charge in [-0.3, -0.25) is 4.90 Å². The summed E-state index contributed by atoms with van der Waals surface area (Å²) in [4.78, 5) is 19.6. The third kappa shape index (κ3) is 3.53. The fraction of sp³-hybridized carbons (Fsp3) is 0.333. The van der Waals surface area contributed by atoms with Gasteiger partial charge in [0.25, 0.3) is 0 Å². The molecule has 3 fully saturated rings. The van der Waals surface area contributed by atoms with Crippen molar-refractivity contribution < 1.29 is 13.9 Å². The molecule has 0 aliphatic carbocycles. The number of hydrogen-bond donors (Lipinski definition) is 0. The molecule has 2 aromatic rings. The monoisotopic (exact) mass is 352 g/mol. The van der Waals surface area contributed by atoms with Gasteiger partial charge in [-0.1, -0.05) is 30.3 Å². The lowest BCUT2D eigenvalue weighted by atomic mass is 9.86. The molecule has 0 saturated carbocycles. The van der Waals surface area contributed by atoms with E-state index in [1.807, 2.05) is 18.2 Å². The molecule has 5 heteroatoms. The first-order valence-electron chi connectivity index (χ1n) is 9.02. The minimum atomic E-state index is -0.558. The Morgan fingerprint density at radius 2 is 1.73 bits per heavy atom. The Labute approximate surface area is 152 Å². The predicted molar refractivity (Wildman–Crippen MR) is 98.1 cm³/mol. The Kier molecular flexibility index (Phi) is 4.80. The van der Waals surface area contributed by atoms with Crippen molar-refractivity contribution in [2.24, 2.45) is 10.9 Å². The van der Waals surface area contributed by atoms with Gasteiger partial charge in [0, 0.05) is 12.1 Å². The van der Waals surface area contributed by atoms with Crippen LogP contribution in [-0.2, 0) is 9.53 Å². The zero-order valence-electron chi connectivity index (χ0n) is 14.5. The highest BCUT2D eigenvalue weighted by Crippen LogP contribution is 2.30. The van der Waals surface area contributed by atoms with E-state index in [4.69, 9.17) is 4.74 Å². The first-order chi connectivity index (χ1) is 12.7. The molecule has 0 spiro atoms. The Hall–Kier alpha value is -2.53. The lowest BCUT2D eigenvalue weighted by Crippen LogP contribution is -2.52. The second kappa shape index (κ2) is 7.38. The first-order valence-corrected chi connectivity index (χ1v) is 9.02. The van der Waals surface area contributed by atoms with E-state index < -0.39 is 11.8 Å². The smallest absolute Gasteiger partial charge is 0.358 e. The summed E-state index contributed by atoms with van der Waals surface area (Å²) in [5, 5.41) is 0. The minimum absolute atomic E-state index is 0.0192. The molecule has 26 heavy (non-hydrogen) atoms. The van der Waals surface area contributed by atoms with E-state index >= 15 is 0 Å². The number of rotatable bonds is 4. The third-order valence-corrected chi connectivity index (χ3v) is 5.17. The van der Waals surface area contributed by atoms with Crippen LogP contribution in [0.1, 0.15) is 18.4 Å². The molecule has 0 N–H and O–H groups in total. The predicted octanol–water partition coefficient (Wildman–Crippen LogP) is 3.58. The summed E-state index contributed by atoms with van der Waals surface area (Å²) in [6, 6.07) is 15.3. The second-order valence-electron chi connectivity index (χ2n) is 6.86. The van der Waals surface area contributed by atoms with Crippen LogP contribution in [0.5, 0.6) is 0 Å². The fourth-order valence-electron chi connectivity index (χ4n) is 3.74. The van der Waals surface area contributed by atoms with Crippen molar-refractivity contribution in [2.45, 2.75) is 18.9 Å². The number of hydrogen-bond acceptors (Lipinski definition) is 4. The molecule has 5 rings (SSSR count). The van der Waals surface area contributed by atoms with Crippen LogP contribution >= 0.6 is 0 Å². The average molecular weight is 352 g/mol. The number of esters is 1. The maximum Gasteiger partial charge on any atom is 0.358 e. The molecular weight excluding hydrogens is 331 g/mol. The molecule has 0 aromatic heterocycles. The van der Waals surface area contributed by atoms with Gasteiger partial charge < -0.3 is 4.74 Å². The minimum Gasteiger partial charge on any atom is -0.456 e. The zero-order chi connectivity index (χ0) is 17.9. The fourth-order valence-corrected chi connectivity index (χ4v) is 3.74. The molecular formula is C21H21FN2O2. The van der Waals surface area contributed by atoms with Gasteiger partial charge >= 0.3 is 5.97 Å². The zero-order valence-corrected chi connectivity index (χ0v) is 14.5. The molecule has 0 radical (unpaired) electrons. The normalized spacial score (nSPS) is 25.1. The molecule has 3 saturated heterocycles. The second-order valence-corrected chi connectivity index (χ2v) is 6.86. The van der Waals surface area contributed by atoms with Crippen LogP contribution in [0.2, 0.25) is 0 Å². The topological polar surface area (TPSA) is 41.9 Å². The molecule has 1 atom stereocenters. The average Bonchev–Trinajstić information content (AvgIpc) is 2.68. The molecule has 2 bridgehead atoms. The summed E-state index contributed by atoms with van der Waals surface area (Å²) >= 11 is 0. The van der Waals surface area contributed by atoms with Crippen molar-refractivity contribution in [1.29, 1.82) is 0 Å². The first kappa shape index (κ1) is 16.9. The van der Waals surface area contributed by atoms with Gasteiger partial charge in [-0.2, -0.15) is 0 Å². The molecule has 0 unspecified atom stereocenters. The third-order valence-electron chi connectivity index (χ3n) is 5.17. The number of aliphatic imine (C=N–C) groups is 1. The number of fused-ring (bicyclic) bond motifs is 3. The van der Waals surface area contributed by atoms with Crippen LogP contribution in [0.25, 0.3) is 0 Å². The molecule has 3 aliphatic heterocycles. The van der Waals surface area contributed by atoms with Crippen LogP contribution in [-0.4, -0.2) is 42.3 Å². The summed E-state index contributed by atoms with van der Waals surface area (Å²) < 4.78 is 20.1. The van der Waals surface area contributed by atoms with Crippen molar-refractivity contribution in [3.8, 4) is 0 Å². The summed E-state index contributed by atoms with van der Waals surface area (Å²) in [6.45, 7) is 2.89. The molecule has 2 aromatic carbocycles. The maximum atomic E-state index is 14.3. The Morgan fingerprint density at radius 3 is 2.38 bits per heavy atom. The lowest BCUT2D eigenvalue weighted by Gasteiger charge is -2.43. The van der Waals surface area contributed by atoms with Crippen molar-refractivity contribution in [2.75, 3.05) is 19.6 Å². The van der Waals surface area contributed by atoms with E-state index in [0.29, 0.717) is 11.6 Å². The van der Waals surface area contributed by atoms with E-state index in [9.17, 15) is 9.18 Å². The van der Waals surface area contributed by atoms with Gasteiger partial charge in [-0.25, -0.2) is 14.2 Å². The maximum absolute atomic E-state index is 14.3.